The number of rotatable bonds is 5. The molecule has 0 spiro atoms. The fraction of sp³-hybridized carbons (Fsp3) is 0.400. The quantitative estimate of drug-likeness (QED) is 0.838. The molecular formula is C10H14ClF2NO2. The van der Waals surface area contributed by atoms with Gasteiger partial charge in [0.2, 0.25) is 0 Å². The van der Waals surface area contributed by atoms with Crippen LogP contribution in [0.5, 0.6) is 5.75 Å². The Hall–Kier alpha value is -0.910. The maximum absolute atomic E-state index is 11.8. The average molecular weight is 254 g/mol. The van der Waals surface area contributed by atoms with E-state index in [1.165, 1.54) is 12.1 Å². The first kappa shape index (κ1) is 15.1. The molecule has 1 aromatic rings. The highest BCUT2D eigenvalue weighted by Crippen LogP contribution is 2.15. The summed E-state index contributed by atoms with van der Waals surface area (Å²) in [7, 11) is 0. The average Bonchev–Trinajstić information content (AvgIpc) is 2.20. The summed E-state index contributed by atoms with van der Waals surface area (Å²) in [5, 5.41) is 8.72. The molecule has 1 rings (SSSR count). The van der Waals surface area contributed by atoms with Crippen molar-refractivity contribution in [3.05, 3.63) is 29.8 Å². The summed E-state index contributed by atoms with van der Waals surface area (Å²) in [4.78, 5) is 0. The van der Waals surface area contributed by atoms with E-state index in [9.17, 15) is 8.78 Å². The van der Waals surface area contributed by atoms with Crippen LogP contribution in [0.1, 0.15) is 5.56 Å². The van der Waals surface area contributed by atoms with Crippen molar-refractivity contribution in [2.75, 3.05) is 6.61 Å². The molecule has 0 aliphatic carbocycles. The molecule has 0 amide bonds. The Bertz CT molecular complexity index is 295. The third-order valence-corrected chi connectivity index (χ3v) is 1.88. The number of ether oxygens (including phenoxy) is 1. The van der Waals surface area contributed by atoms with Crippen LogP contribution in [0, 0.1) is 0 Å². The fourth-order valence-corrected chi connectivity index (χ4v) is 1.17. The van der Waals surface area contributed by atoms with Crippen LogP contribution in [0.4, 0.5) is 8.78 Å². The molecule has 1 atom stereocenters. The zero-order chi connectivity index (χ0) is 11.3. The Morgan fingerprint density at radius 3 is 2.25 bits per heavy atom. The zero-order valence-corrected chi connectivity index (χ0v) is 9.29. The van der Waals surface area contributed by atoms with E-state index in [0.717, 1.165) is 5.56 Å². The number of alkyl halides is 2. The minimum atomic E-state index is -2.81. The van der Waals surface area contributed by atoms with Crippen LogP contribution in [0.2, 0.25) is 0 Å². The van der Waals surface area contributed by atoms with Crippen LogP contribution in [0.3, 0.4) is 0 Å². The van der Waals surface area contributed by atoms with E-state index in [4.69, 9.17) is 10.8 Å². The molecule has 6 heteroatoms. The molecule has 1 aromatic carbocycles. The van der Waals surface area contributed by atoms with E-state index >= 15 is 0 Å². The molecule has 0 bridgehead atoms. The smallest absolute Gasteiger partial charge is 0.387 e. The van der Waals surface area contributed by atoms with Gasteiger partial charge in [0.05, 0.1) is 6.61 Å². The van der Waals surface area contributed by atoms with Gasteiger partial charge >= 0.3 is 6.61 Å². The van der Waals surface area contributed by atoms with Gasteiger partial charge in [0.1, 0.15) is 5.75 Å². The molecule has 1 unspecified atom stereocenters. The third-order valence-electron chi connectivity index (χ3n) is 1.88. The maximum Gasteiger partial charge on any atom is 0.387 e. The number of aliphatic hydroxyl groups excluding tert-OH is 1. The Morgan fingerprint density at radius 2 is 1.81 bits per heavy atom. The monoisotopic (exact) mass is 253 g/mol. The summed E-state index contributed by atoms with van der Waals surface area (Å²) >= 11 is 0. The number of hydrogen-bond acceptors (Lipinski definition) is 3. The predicted molar refractivity (Wildman–Crippen MR) is 59.1 cm³/mol. The second-order valence-corrected chi connectivity index (χ2v) is 3.17. The highest BCUT2D eigenvalue weighted by molar-refractivity contribution is 5.85. The van der Waals surface area contributed by atoms with E-state index in [2.05, 4.69) is 4.74 Å². The van der Waals surface area contributed by atoms with Crippen LogP contribution in [0.15, 0.2) is 24.3 Å². The summed E-state index contributed by atoms with van der Waals surface area (Å²) < 4.78 is 27.8. The Kier molecular flexibility index (Phi) is 6.96. The Morgan fingerprint density at radius 1 is 1.25 bits per heavy atom. The van der Waals surface area contributed by atoms with Gasteiger partial charge in [0.15, 0.2) is 0 Å². The minimum absolute atomic E-state index is 0. The van der Waals surface area contributed by atoms with Crippen LogP contribution in [-0.4, -0.2) is 24.4 Å². The number of nitrogens with two attached hydrogens (primary N) is 1. The Balaban J connectivity index is 0.00000225. The molecule has 0 saturated carbocycles. The van der Waals surface area contributed by atoms with Crippen molar-refractivity contribution in [3.63, 3.8) is 0 Å². The van der Waals surface area contributed by atoms with Crippen LogP contribution >= 0.6 is 12.4 Å². The summed E-state index contributed by atoms with van der Waals surface area (Å²) in [5.41, 5.74) is 6.40. The van der Waals surface area contributed by atoms with Gasteiger partial charge in [-0.3, -0.25) is 0 Å². The predicted octanol–water partition coefficient (Wildman–Crippen LogP) is 1.57. The van der Waals surface area contributed by atoms with Gasteiger partial charge in [0.25, 0.3) is 0 Å². The summed E-state index contributed by atoms with van der Waals surface area (Å²) in [6.45, 7) is -2.91. The lowest BCUT2D eigenvalue weighted by atomic mass is 10.1. The van der Waals surface area contributed by atoms with Crippen LogP contribution < -0.4 is 10.5 Å². The molecule has 0 aromatic heterocycles. The van der Waals surface area contributed by atoms with Gasteiger partial charge in [-0.1, -0.05) is 12.1 Å². The highest BCUT2D eigenvalue weighted by Gasteiger charge is 2.05. The summed E-state index contributed by atoms with van der Waals surface area (Å²) in [5.74, 6) is 0.117. The molecule has 0 aliphatic rings. The zero-order valence-electron chi connectivity index (χ0n) is 8.48. The van der Waals surface area contributed by atoms with E-state index in [1.54, 1.807) is 12.1 Å². The summed E-state index contributed by atoms with van der Waals surface area (Å²) in [6, 6.07) is 5.87. The topological polar surface area (TPSA) is 55.5 Å². The van der Waals surface area contributed by atoms with Gasteiger partial charge in [-0.15, -0.1) is 12.4 Å². The lowest BCUT2D eigenvalue weighted by Gasteiger charge is -2.09. The second-order valence-electron chi connectivity index (χ2n) is 3.17. The lowest BCUT2D eigenvalue weighted by Crippen LogP contribution is -2.26. The van der Waals surface area contributed by atoms with Gasteiger partial charge in [-0.25, -0.2) is 0 Å². The van der Waals surface area contributed by atoms with E-state index in [-0.39, 0.29) is 30.8 Å². The summed E-state index contributed by atoms with van der Waals surface area (Å²) in [6.07, 6.45) is 0.505. The minimum Gasteiger partial charge on any atom is -0.435 e. The van der Waals surface area contributed by atoms with Gasteiger partial charge in [-0.2, -0.15) is 8.78 Å². The normalized spacial score (nSPS) is 12.1. The lowest BCUT2D eigenvalue weighted by molar-refractivity contribution is -0.0498. The van der Waals surface area contributed by atoms with Crippen molar-refractivity contribution in [2.24, 2.45) is 5.73 Å². The molecule has 92 valence electrons. The first-order valence-electron chi connectivity index (χ1n) is 4.52. The maximum atomic E-state index is 11.8. The molecule has 0 radical (unpaired) electrons. The van der Waals surface area contributed by atoms with Gasteiger partial charge in [-0.05, 0) is 24.1 Å². The van der Waals surface area contributed by atoms with Crippen molar-refractivity contribution in [2.45, 2.75) is 19.1 Å². The molecule has 3 nitrogen and oxygen atoms in total. The van der Waals surface area contributed by atoms with Crippen molar-refractivity contribution in [1.82, 2.24) is 0 Å². The molecule has 16 heavy (non-hydrogen) atoms. The van der Waals surface area contributed by atoms with E-state index in [1.807, 2.05) is 0 Å². The standard InChI is InChI=1S/C10H13F2NO2.ClH/c11-10(12)15-9-3-1-7(2-4-9)5-8(13)6-14;/h1-4,8,10,14H,5-6,13H2;1H. The second kappa shape index (κ2) is 7.38. The van der Waals surface area contributed by atoms with Gasteiger partial charge in [0, 0.05) is 6.04 Å². The van der Waals surface area contributed by atoms with Crippen molar-refractivity contribution < 1.29 is 18.6 Å². The molecular weight excluding hydrogens is 240 g/mol. The fourth-order valence-electron chi connectivity index (χ4n) is 1.17. The number of hydrogen-bond donors (Lipinski definition) is 2. The molecule has 0 heterocycles. The highest BCUT2D eigenvalue weighted by atomic mass is 35.5. The van der Waals surface area contributed by atoms with E-state index < -0.39 is 6.61 Å². The van der Waals surface area contributed by atoms with E-state index in [0.29, 0.717) is 6.42 Å². The molecule has 0 aliphatic heterocycles. The molecule has 0 saturated heterocycles. The Labute approximate surface area is 98.6 Å². The SMILES string of the molecule is Cl.NC(CO)Cc1ccc(OC(F)F)cc1. The first-order valence-corrected chi connectivity index (χ1v) is 4.52. The third kappa shape index (κ3) is 5.25. The van der Waals surface area contributed by atoms with Crippen LogP contribution in [0.25, 0.3) is 0 Å². The van der Waals surface area contributed by atoms with Gasteiger partial charge < -0.3 is 15.6 Å². The molecule has 3 N–H and O–H groups in total. The molecule has 0 fully saturated rings. The number of halogens is 3. The number of aliphatic hydroxyl groups is 1. The van der Waals surface area contributed by atoms with Crippen LogP contribution in [-0.2, 0) is 6.42 Å². The van der Waals surface area contributed by atoms with Crippen molar-refractivity contribution >= 4 is 12.4 Å². The first-order chi connectivity index (χ1) is 7.11. The largest absolute Gasteiger partial charge is 0.435 e. The number of benzene rings is 1. The van der Waals surface area contributed by atoms with Crippen molar-refractivity contribution in [1.29, 1.82) is 0 Å². The van der Waals surface area contributed by atoms with Crippen molar-refractivity contribution in [3.8, 4) is 5.75 Å².